The lowest BCUT2D eigenvalue weighted by Gasteiger charge is -2.30. The van der Waals surface area contributed by atoms with Crippen molar-refractivity contribution in [2.75, 3.05) is 23.7 Å². The average Bonchev–Trinajstić information content (AvgIpc) is 3.11. The van der Waals surface area contributed by atoms with Crippen molar-refractivity contribution in [3.8, 4) is 12.1 Å². The molecule has 2 aliphatic rings. The van der Waals surface area contributed by atoms with Gasteiger partial charge in [0.2, 0.25) is 0 Å². The van der Waals surface area contributed by atoms with Gasteiger partial charge in [-0.3, -0.25) is 0 Å². The fraction of sp³-hybridized carbons (Fsp3) is 0.300. The maximum atomic E-state index is 12.1. The van der Waals surface area contributed by atoms with Crippen LogP contribution >= 0.6 is 0 Å². The Hall–Kier alpha value is -5.60. The van der Waals surface area contributed by atoms with Gasteiger partial charge >= 0.3 is 12.1 Å². The third-order valence-electron chi connectivity index (χ3n) is 9.33. The van der Waals surface area contributed by atoms with Crippen molar-refractivity contribution in [2.24, 2.45) is 0 Å². The van der Waals surface area contributed by atoms with E-state index in [4.69, 9.17) is 0 Å². The molecule has 8 nitrogen and oxygen atoms in total. The van der Waals surface area contributed by atoms with Crippen LogP contribution in [0.15, 0.2) is 97.1 Å². The summed E-state index contributed by atoms with van der Waals surface area (Å²) in [5, 5.41) is 25.5. The number of nitrogens with one attached hydrogen (secondary N) is 2. The number of anilines is 2. The first-order chi connectivity index (χ1) is 23.1. The molecule has 0 fully saturated rings. The van der Waals surface area contributed by atoms with Crippen LogP contribution in [-0.4, -0.2) is 35.0 Å². The molecule has 0 bridgehead atoms. The van der Waals surface area contributed by atoms with E-state index in [0.717, 1.165) is 44.8 Å². The van der Waals surface area contributed by atoms with Crippen LogP contribution in [-0.2, 0) is 36.8 Å². The van der Waals surface area contributed by atoms with Crippen LogP contribution in [0.2, 0.25) is 0 Å². The summed E-state index contributed by atoms with van der Waals surface area (Å²) in [6.07, 6.45) is 1.27. The van der Waals surface area contributed by atoms with E-state index < -0.39 is 10.8 Å². The van der Waals surface area contributed by atoms with Crippen LogP contribution in [0.5, 0.6) is 0 Å². The Labute approximate surface area is 283 Å². The molecule has 0 aliphatic carbocycles. The number of carbonyl (C=O) groups excluding carboxylic acids is 2. The Bertz CT molecular complexity index is 1730. The van der Waals surface area contributed by atoms with Crippen molar-refractivity contribution in [3.05, 3.63) is 130 Å². The van der Waals surface area contributed by atoms with Crippen LogP contribution in [0.3, 0.4) is 0 Å². The van der Waals surface area contributed by atoms with E-state index in [1.807, 2.05) is 125 Å². The number of carbonyl (C=O) groups is 2. The first kappa shape index (κ1) is 33.8. The fourth-order valence-corrected chi connectivity index (χ4v) is 6.22. The van der Waals surface area contributed by atoms with Gasteiger partial charge in [0, 0.05) is 37.6 Å². The summed E-state index contributed by atoms with van der Waals surface area (Å²) in [6, 6.07) is 36.8. The number of rotatable bonds is 8. The first-order valence-electron chi connectivity index (χ1n) is 16.4. The third-order valence-corrected chi connectivity index (χ3v) is 9.33. The predicted octanol–water partition coefficient (Wildman–Crippen LogP) is 8.16. The lowest BCUT2D eigenvalue weighted by Crippen LogP contribution is -2.38. The molecule has 0 saturated carbocycles. The molecular weight excluding hydrogens is 596 g/mol. The summed E-state index contributed by atoms with van der Waals surface area (Å²) in [4.78, 5) is 27.6. The fourth-order valence-electron chi connectivity index (χ4n) is 6.22. The molecular formula is C40H42N6O2. The molecule has 2 aliphatic heterocycles. The topological polar surface area (TPSA) is 112 Å². The molecule has 48 heavy (non-hydrogen) atoms. The summed E-state index contributed by atoms with van der Waals surface area (Å²) in [7, 11) is 0. The molecule has 2 N–H and O–H groups in total. The van der Waals surface area contributed by atoms with Gasteiger partial charge in [0.1, 0.15) is 0 Å². The number of benzene rings is 4. The molecule has 0 radical (unpaired) electrons. The monoisotopic (exact) mass is 638 g/mol. The highest BCUT2D eigenvalue weighted by Crippen LogP contribution is 2.34. The second-order valence-electron chi connectivity index (χ2n) is 12.8. The predicted molar refractivity (Wildman–Crippen MR) is 189 cm³/mol. The smallest absolute Gasteiger partial charge is 0.320 e. The van der Waals surface area contributed by atoms with E-state index in [-0.39, 0.29) is 12.1 Å². The van der Waals surface area contributed by atoms with E-state index >= 15 is 0 Å². The Kier molecular flexibility index (Phi) is 10.2. The van der Waals surface area contributed by atoms with Gasteiger partial charge < -0.3 is 20.4 Å². The van der Waals surface area contributed by atoms with Gasteiger partial charge in [0.15, 0.2) is 0 Å². The SMILES string of the molecule is CCN1Cc2ccc([C@@](C)(C#N)Cc3ccccc3)cc2NC1=O.CCN1Cc2ccc([C@](C)(C#N)Cc3ccccc3)cc2NC1=O. The van der Waals surface area contributed by atoms with Crippen LogP contribution in [0.25, 0.3) is 0 Å². The van der Waals surface area contributed by atoms with Gasteiger partial charge in [-0.15, -0.1) is 0 Å². The molecule has 4 aromatic rings. The Morgan fingerprint density at radius 3 is 1.33 bits per heavy atom. The molecule has 2 atom stereocenters. The lowest BCUT2D eigenvalue weighted by atomic mass is 9.78. The van der Waals surface area contributed by atoms with Gasteiger partial charge in [-0.2, -0.15) is 10.5 Å². The van der Waals surface area contributed by atoms with Gasteiger partial charge in [-0.05, 0) is 86.1 Å². The van der Waals surface area contributed by atoms with E-state index in [2.05, 4.69) is 22.8 Å². The highest BCUT2D eigenvalue weighted by Gasteiger charge is 2.31. The first-order valence-corrected chi connectivity index (χ1v) is 16.4. The van der Waals surface area contributed by atoms with Crippen LogP contribution in [0.1, 0.15) is 61.1 Å². The summed E-state index contributed by atoms with van der Waals surface area (Å²) in [6.45, 7) is 10.4. The maximum absolute atomic E-state index is 12.1. The van der Waals surface area contributed by atoms with Gasteiger partial charge in [0.05, 0.1) is 23.0 Å². The lowest BCUT2D eigenvalue weighted by molar-refractivity contribution is 0.209. The molecule has 0 unspecified atom stereocenters. The average molecular weight is 639 g/mol. The molecule has 0 spiro atoms. The zero-order chi connectivity index (χ0) is 34.3. The van der Waals surface area contributed by atoms with E-state index in [0.29, 0.717) is 39.0 Å². The minimum Gasteiger partial charge on any atom is -0.320 e. The zero-order valence-corrected chi connectivity index (χ0v) is 28.1. The van der Waals surface area contributed by atoms with Crippen LogP contribution < -0.4 is 10.6 Å². The normalized spacial score (nSPS) is 15.9. The van der Waals surface area contributed by atoms with Crippen molar-refractivity contribution >= 4 is 23.4 Å². The third kappa shape index (κ3) is 7.35. The number of hydrogen-bond acceptors (Lipinski definition) is 4. The standard InChI is InChI=1S/2C20H21N3O/c2*1-3-23-13-16-9-10-17(11-18(16)22-19(23)24)20(2,14-21)12-15-7-5-4-6-8-15/h2*4-11H,3,12-13H2,1-2H3,(H,22,24)/t2*20-/m10/s1. The number of urea groups is 2. The van der Waals surface area contributed by atoms with Gasteiger partial charge in [-0.1, -0.05) is 84.9 Å². The van der Waals surface area contributed by atoms with Crippen molar-refractivity contribution < 1.29 is 9.59 Å². The highest BCUT2D eigenvalue weighted by molar-refractivity contribution is 5.93. The highest BCUT2D eigenvalue weighted by atomic mass is 16.2. The Morgan fingerprint density at radius 1 is 0.625 bits per heavy atom. The minimum absolute atomic E-state index is 0.0797. The molecule has 0 saturated heterocycles. The molecule has 4 aromatic carbocycles. The minimum atomic E-state index is -0.636. The van der Waals surface area contributed by atoms with Crippen molar-refractivity contribution in [3.63, 3.8) is 0 Å². The summed E-state index contributed by atoms with van der Waals surface area (Å²) >= 11 is 0. The second kappa shape index (κ2) is 14.4. The number of nitrogens with zero attached hydrogens (tertiary/aromatic N) is 4. The number of amides is 4. The quantitative estimate of drug-likeness (QED) is 0.203. The Balaban J connectivity index is 0.000000188. The Morgan fingerprint density at radius 2 is 1.00 bits per heavy atom. The van der Waals surface area contributed by atoms with Crippen LogP contribution in [0.4, 0.5) is 21.0 Å². The van der Waals surface area contributed by atoms with Gasteiger partial charge in [-0.25, -0.2) is 9.59 Å². The molecule has 6 rings (SSSR count). The van der Waals surface area contributed by atoms with E-state index in [1.165, 1.54) is 0 Å². The number of fused-ring (bicyclic) bond motifs is 2. The van der Waals surface area contributed by atoms with Gasteiger partial charge in [0.25, 0.3) is 0 Å². The molecule has 0 aromatic heterocycles. The second-order valence-corrected chi connectivity index (χ2v) is 12.8. The number of nitriles is 2. The summed E-state index contributed by atoms with van der Waals surface area (Å²) in [5.74, 6) is 0. The summed E-state index contributed by atoms with van der Waals surface area (Å²) < 4.78 is 0. The van der Waals surface area contributed by atoms with Crippen LogP contribution in [0, 0.1) is 22.7 Å². The maximum Gasteiger partial charge on any atom is 0.322 e. The zero-order valence-electron chi connectivity index (χ0n) is 28.1. The van der Waals surface area contributed by atoms with Crippen molar-refractivity contribution in [1.29, 1.82) is 10.5 Å². The molecule has 4 amide bonds. The molecule has 244 valence electrons. The van der Waals surface area contributed by atoms with E-state index in [1.54, 1.807) is 9.80 Å². The van der Waals surface area contributed by atoms with E-state index in [9.17, 15) is 20.1 Å². The van der Waals surface area contributed by atoms with Crippen molar-refractivity contribution in [2.45, 2.75) is 64.5 Å². The van der Waals surface area contributed by atoms with Crippen molar-refractivity contribution in [1.82, 2.24) is 9.80 Å². The summed E-state index contributed by atoms with van der Waals surface area (Å²) in [5.41, 5.74) is 6.64. The molecule has 8 heteroatoms. The molecule has 2 heterocycles. The largest absolute Gasteiger partial charge is 0.322 e. The number of hydrogen-bond donors (Lipinski definition) is 2.